The van der Waals surface area contributed by atoms with E-state index in [0.29, 0.717) is 48.8 Å². The maximum absolute atomic E-state index is 13.3. The van der Waals surface area contributed by atoms with Gasteiger partial charge in [-0.25, -0.2) is 19.6 Å². The number of ether oxygens (including phenoxy) is 2. The van der Waals surface area contributed by atoms with Crippen LogP contribution < -0.4 is 10.1 Å². The summed E-state index contributed by atoms with van der Waals surface area (Å²) >= 11 is 0. The molecule has 0 spiro atoms. The van der Waals surface area contributed by atoms with Crippen LogP contribution >= 0.6 is 0 Å². The second-order valence-corrected chi connectivity index (χ2v) is 10.6. The Labute approximate surface area is 232 Å². The summed E-state index contributed by atoms with van der Waals surface area (Å²) in [5.41, 5.74) is 3.91. The van der Waals surface area contributed by atoms with E-state index in [4.69, 9.17) is 9.47 Å². The highest BCUT2D eigenvalue weighted by Crippen LogP contribution is 2.37. The minimum Gasteiger partial charge on any atom is -0.494 e. The molecule has 0 radical (unpaired) electrons. The summed E-state index contributed by atoms with van der Waals surface area (Å²) in [5.74, 6) is 0.479. The molecule has 0 saturated carbocycles. The maximum atomic E-state index is 13.3. The molecule has 40 heavy (non-hydrogen) atoms. The van der Waals surface area contributed by atoms with Gasteiger partial charge < -0.3 is 24.6 Å². The van der Waals surface area contributed by atoms with Crippen molar-refractivity contribution in [3.63, 3.8) is 0 Å². The normalized spacial score (nSPS) is 13.8. The Hall–Kier alpha value is -4.67. The molecule has 3 amide bonds. The van der Waals surface area contributed by atoms with Crippen molar-refractivity contribution in [2.45, 2.75) is 26.4 Å². The van der Waals surface area contributed by atoms with Gasteiger partial charge in [0.25, 0.3) is 0 Å². The van der Waals surface area contributed by atoms with Crippen LogP contribution in [0.3, 0.4) is 0 Å². The van der Waals surface area contributed by atoms with Crippen LogP contribution in [0.4, 0.5) is 15.3 Å². The largest absolute Gasteiger partial charge is 0.494 e. The Morgan fingerprint density at radius 3 is 2.33 bits per heavy atom. The predicted octanol–water partition coefficient (Wildman–Crippen LogP) is 4.79. The third-order valence-electron chi connectivity index (χ3n) is 6.55. The second kappa shape index (κ2) is 10.8. The number of carbonyl (C=O) groups excluding carboxylic acids is 2. The minimum absolute atomic E-state index is 0.286. The van der Waals surface area contributed by atoms with E-state index in [0.717, 1.165) is 22.2 Å². The van der Waals surface area contributed by atoms with Crippen molar-refractivity contribution in [1.82, 2.24) is 29.5 Å². The molecule has 4 aromatic rings. The molecular formula is C29H33N7O4. The first kappa shape index (κ1) is 26.9. The van der Waals surface area contributed by atoms with E-state index < -0.39 is 5.60 Å². The summed E-state index contributed by atoms with van der Waals surface area (Å²) < 4.78 is 12.8. The van der Waals surface area contributed by atoms with Crippen LogP contribution in [0.25, 0.3) is 33.4 Å². The van der Waals surface area contributed by atoms with Gasteiger partial charge in [0.1, 0.15) is 23.4 Å². The third-order valence-corrected chi connectivity index (χ3v) is 6.55. The van der Waals surface area contributed by atoms with Gasteiger partial charge in [0, 0.05) is 62.0 Å². The van der Waals surface area contributed by atoms with E-state index in [1.165, 1.54) is 6.33 Å². The number of anilines is 1. The highest BCUT2D eigenvalue weighted by Gasteiger charge is 2.28. The number of hydrogen-bond acceptors (Lipinski definition) is 7. The molecule has 0 aliphatic carbocycles. The molecule has 0 bridgehead atoms. The zero-order chi connectivity index (χ0) is 28.4. The number of aryl methyl sites for hydroxylation is 1. The lowest BCUT2D eigenvalue weighted by Crippen LogP contribution is -2.52. The third kappa shape index (κ3) is 5.68. The fraction of sp³-hybridized carbons (Fsp3) is 0.345. The Morgan fingerprint density at radius 2 is 1.65 bits per heavy atom. The van der Waals surface area contributed by atoms with Crippen LogP contribution in [-0.2, 0) is 11.8 Å². The second-order valence-electron chi connectivity index (χ2n) is 10.6. The molecule has 2 aromatic carbocycles. The molecule has 208 valence electrons. The van der Waals surface area contributed by atoms with Crippen molar-refractivity contribution >= 4 is 28.7 Å². The van der Waals surface area contributed by atoms with E-state index in [9.17, 15) is 9.59 Å². The van der Waals surface area contributed by atoms with Crippen LogP contribution in [0, 0.1) is 0 Å². The quantitative estimate of drug-likeness (QED) is 0.394. The average Bonchev–Trinajstić information content (AvgIpc) is 3.33. The van der Waals surface area contributed by atoms with Crippen LogP contribution in [0.1, 0.15) is 20.8 Å². The van der Waals surface area contributed by atoms with Crippen LogP contribution in [0.15, 0.2) is 55.0 Å². The number of rotatable bonds is 4. The number of piperazine rings is 1. The SMILES string of the molecule is COc1cc2ncnc(-c3cn(C)nc3-c3ccccc3)c2cc1NC(=O)N1CCN(C(=O)OC(C)(C)C)CC1. The number of nitrogens with zero attached hydrogens (tertiary/aromatic N) is 6. The van der Waals surface area contributed by atoms with Gasteiger partial charge >= 0.3 is 12.1 Å². The monoisotopic (exact) mass is 543 g/mol. The topological polar surface area (TPSA) is 115 Å². The van der Waals surface area contributed by atoms with Gasteiger partial charge in [-0.3, -0.25) is 4.68 Å². The standard InChI is InChI=1S/C29H33N7O4/c1-29(2,3)40-28(38)36-13-11-35(12-14-36)27(37)32-23-15-20-22(16-24(23)39-5)30-18-31-26(20)21-17-34(4)33-25(21)19-9-7-6-8-10-19/h6-10,15-18H,11-14H2,1-5H3,(H,32,37). The number of nitrogens with one attached hydrogen (secondary N) is 1. The molecule has 3 heterocycles. The van der Waals surface area contributed by atoms with Crippen molar-refractivity contribution in [1.29, 1.82) is 0 Å². The van der Waals surface area contributed by atoms with Gasteiger partial charge in [-0.1, -0.05) is 30.3 Å². The van der Waals surface area contributed by atoms with Gasteiger partial charge in [0.05, 0.1) is 24.0 Å². The van der Waals surface area contributed by atoms with Crippen LogP contribution in [0.5, 0.6) is 5.75 Å². The lowest BCUT2D eigenvalue weighted by molar-refractivity contribution is 0.0174. The maximum Gasteiger partial charge on any atom is 0.410 e. The Kier molecular flexibility index (Phi) is 7.29. The Morgan fingerprint density at radius 1 is 0.950 bits per heavy atom. The van der Waals surface area contributed by atoms with E-state index in [1.807, 2.05) is 70.4 Å². The number of methoxy groups -OCH3 is 1. The molecule has 1 saturated heterocycles. The summed E-state index contributed by atoms with van der Waals surface area (Å²) in [5, 5.41) is 8.42. The number of amides is 3. The lowest BCUT2D eigenvalue weighted by atomic mass is 10.0. The van der Waals surface area contributed by atoms with Gasteiger partial charge in [-0.2, -0.15) is 5.10 Å². The molecule has 2 aromatic heterocycles. The van der Waals surface area contributed by atoms with Gasteiger partial charge in [-0.15, -0.1) is 0 Å². The number of aromatic nitrogens is 4. The van der Waals surface area contributed by atoms with Crippen molar-refractivity contribution in [2.24, 2.45) is 7.05 Å². The highest BCUT2D eigenvalue weighted by atomic mass is 16.6. The fourth-order valence-electron chi connectivity index (χ4n) is 4.65. The molecule has 1 aliphatic rings. The molecular weight excluding hydrogens is 510 g/mol. The zero-order valence-corrected chi connectivity index (χ0v) is 23.3. The number of hydrogen-bond donors (Lipinski definition) is 1. The first-order valence-corrected chi connectivity index (χ1v) is 13.1. The molecule has 11 heteroatoms. The fourth-order valence-corrected chi connectivity index (χ4v) is 4.65. The van der Waals surface area contributed by atoms with Crippen LogP contribution in [0.2, 0.25) is 0 Å². The molecule has 5 rings (SSSR count). The number of fused-ring (bicyclic) bond motifs is 1. The summed E-state index contributed by atoms with van der Waals surface area (Å²) in [6.45, 7) is 7.03. The number of carbonyl (C=O) groups is 2. The first-order chi connectivity index (χ1) is 19.1. The first-order valence-electron chi connectivity index (χ1n) is 13.1. The highest BCUT2D eigenvalue weighted by molar-refractivity contribution is 6.01. The molecule has 1 fully saturated rings. The molecule has 11 nitrogen and oxygen atoms in total. The molecule has 0 unspecified atom stereocenters. The molecule has 1 N–H and O–H groups in total. The van der Waals surface area contributed by atoms with E-state index in [2.05, 4.69) is 20.4 Å². The predicted molar refractivity (Wildman–Crippen MR) is 152 cm³/mol. The van der Waals surface area contributed by atoms with Crippen molar-refractivity contribution in [3.8, 4) is 28.3 Å². The summed E-state index contributed by atoms with van der Waals surface area (Å²) in [6, 6.07) is 13.3. The van der Waals surface area contributed by atoms with Crippen molar-refractivity contribution in [3.05, 3.63) is 55.0 Å². The number of urea groups is 1. The molecule has 0 atom stereocenters. The zero-order valence-electron chi connectivity index (χ0n) is 23.3. The summed E-state index contributed by atoms with van der Waals surface area (Å²) in [7, 11) is 3.42. The van der Waals surface area contributed by atoms with Gasteiger partial charge in [0.2, 0.25) is 0 Å². The van der Waals surface area contributed by atoms with Gasteiger partial charge in [-0.05, 0) is 26.8 Å². The van der Waals surface area contributed by atoms with Crippen molar-refractivity contribution in [2.75, 3.05) is 38.6 Å². The van der Waals surface area contributed by atoms with E-state index in [1.54, 1.807) is 27.7 Å². The van der Waals surface area contributed by atoms with E-state index in [-0.39, 0.29) is 12.1 Å². The lowest BCUT2D eigenvalue weighted by Gasteiger charge is -2.35. The minimum atomic E-state index is -0.571. The summed E-state index contributed by atoms with van der Waals surface area (Å²) in [4.78, 5) is 38.0. The Bertz CT molecular complexity index is 1540. The number of benzene rings is 2. The smallest absolute Gasteiger partial charge is 0.410 e. The van der Waals surface area contributed by atoms with E-state index >= 15 is 0 Å². The van der Waals surface area contributed by atoms with Crippen molar-refractivity contribution < 1.29 is 19.1 Å². The van der Waals surface area contributed by atoms with Gasteiger partial charge in [0.15, 0.2) is 0 Å². The summed E-state index contributed by atoms with van der Waals surface area (Å²) in [6.07, 6.45) is 3.07. The van der Waals surface area contributed by atoms with Crippen LogP contribution in [-0.4, -0.2) is 80.6 Å². The molecule has 1 aliphatic heterocycles. The average molecular weight is 544 g/mol. The Balaban J connectivity index is 1.41.